The van der Waals surface area contributed by atoms with E-state index in [9.17, 15) is 18.8 Å². The molecule has 1 N–H and O–H groups in total. The van der Waals surface area contributed by atoms with E-state index in [1.807, 2.05) is 0 Å². The Bertz CT molecular complexity index is 627. The van der Waals surface area contributed by atoms with E-state index in [1.54, 1.807) is 0 Å². The number of urea groups is 1. The van der Waals surface area contributed by atoms with E-state index in [0.29, 0.717) is 17.7 Å². The molecule has 2 fully saturated rings. The van der Waals surface area contributed by atoms with E-state index in [1.165, 1.54) is 12.1 Å². The van der Waals surface area contributed by atoms with E-state index < -0.39 is 29.1 Å². The number of rotatable bonds is 1. The Balaban J connectivity index is 2.08. The van der Waals surface area contributed by atoms with Crippen LogP contribution in [-0.4, -0.2) is 17.8 Å². The number of carbonyl (C=O) groups is 3. The first kappa shape index (κ1) is 12.1. The Morgan fingerprint density at radius 3 is 2.58 bits per heavy atom. The summed E-state index contributed by atoms with van der Waals surface area (Å²) in [5.41, 5.74) is -1.45. The minimum atomic E-state index is -1.21. The quantitative estimate of drug-likeness (QED) is 0.799. The summed E-state index contributed by atoms with van der Waals surface area (Å²) in [5.74, 6) is -2.05. The van der Waals surface area contributed by atoms with Crippen LogP contribution in [0, 0.1) is 11.2 Å². The van der Waals surface area contributed by atoms with Crippen molar-refractivity contribution in [2.45, 2.75) is 12.8 Å². The first-order valence-corrected chi connectivity index (χ1v) is 5.98. The lowest BCUT2D eigenvalue weighted by molar-refractivity contribution is -0.136. The second kappa shape index (κ2) is 3.77. The molecule has 1 aliphatic carbocycles. The highest BCUT2D eigenvalue weighted by Gasteiger charge is 2.62. The molecular weight excluding hydrogens is 275 g/mol. The molecule has 1 spiro atoms. The molecule has 1 aliphatic heterocycles. The molecule has 1 saturated heterocycles. The van der Waals surface area contributed by atoms with Crippen molar-refractivity contribution in [1.82, 2.24) is 5.32 Å². The molecule has 7 heteroatoms. The number of carbonyl (C=O) groups excluding carboxylic acids is 3. The molecule has 2 aliphatic rings. The third-order valence-corrected chi connectivity index (χ3v) is 3.60. The molecule has 3 rings (SSSR count). The van der Waals surface area contributed by atoms with Gasteiger partial charge in [-0.3, -0.25) is 14.9 Å². The van der Waals surface area contributed by atoms with Gasteiger partial charge in [-0.25, -0.2) is 14.1 Å². The lowest BCUT2D eigenvalue weighted by atomic mass is 10.0. The van der Waals surface area contributed by atoms with Crippen LogP contribution in [-0.2, 0) is 9.59 Å². The van der Waals surface area contributed by atoms with Crippen LogP contribution in [0.3, 0.4) is 0 Å². The minimum Gasteiger partial charge on any atom is -0.276 e. The van der Waals surface area contributed by atoms with Crippen LogP contribution in [0.4, 0.5) is 14.9 Å². The molecule has 19 heavy (non-hydrogen) atoms. The van der Waals surface area contributed by atoms with Crippen molar-refractivity contribution >= 4 is 35.1 Å². The SMILES string of the molecule is O=C1NC(=O)C2(CC2)C(=O)N1c1cc(Cl)ccc1F. The lowest BCUT2D eigenvalue weighted by Crippen LogP contribution is -2.59. The topological polar surface area (TPSA) is 66.5 Å². The third kappa shape index (κ3) is 1.63. The monoisotopic (exact) mass is 282 g/mol. The third-order valence-electron chi connectivity index (χ3n) is 3.37. The lowest BCUT2D eigenvalue weighted by Gasteiger charge is -2.30. The van der Waals surface area contributed by atoms with E-state index in [4.69, 9.17) is 11.6 Å². The van der Waals surface area contributed by atoms with Gasteiger partial charge in [-0.1, -0.05) is 11.6 Å². The summed E-state index contributed by atoms with van der Waals surface area (Å²) in [6.45, 7) is 0. The molecule has 1 saturated carbocycles. The van der Waals surface area contributed by atoms with Crippen LogP contribution in [0.15, 0.2) is 18.2 Å². The first-order chi connectivity index (χ1) is 8.95. The molecule has 0 unspecified atom stereocenters. The Kier molecular flexibility index (Phi) is 2.40. The highest BCUT2D eigenvalue weighted by molar-refractivity contribution is 6.33. The van der Waals surface area contributed by atoms with Crippen LogP contribution in [0.5, 0.6) is 0 Å². The Labute approximate surface area is 112 Å². The van der Waals surface area contributed by atoms with Crippen molar-refractivity contribution < 1.29 is 18.8 Å². The van der Waals surface area contributed by atoms with Crippen molar-refractivity contribution in [2.75, 3.05) is 4.90 Å². The number of nitrogens with zero attached hydrogens (tertiary/aromatic N) is 1. The molecule has 1 heterocycles. The summed E-state index contributed by atoms with van der Waals surface area (Å²) in [4.78, 5) is 36.3. The number of barbiturate groups is 1. The largest absolute Gasteiger partial charge is 0.335 e. The summed E-state index contributed by atoms with van der Waals surface area (Å²) in [5, 5.41) is 2.27. The van der Waals surface area contributed by atoms with Gasteiger partial charge >= 0.3 is 6.03 Å². The zero-order valence-corrected chi connectivity index (χ0v) is 10.3. The second-order valence-electron chi connectivity index (χ2n) is 4.58. The minimum absolute atomic E-state index is 0.193. The van der Waals surface area contributed by atoms with Crippen LogP contribution in [0.2, 0.25) is 5.02 Å². The molecule has 4 amide bonds. The number of imide groups is 2. The van der Waals surface area contributed by atoms with E-state index in [-0.39, 0.29) is 10.7 Å². The molecule has 0 radical (unpaired) electrons. The second-order valence-corrected chi connectivity index (χ2v) is 5.01. The summed E-state index contributed by atoms with van der Waals surface area (Å²) >= 11 is 5.74. The van der Waals surface area contributed by atoms with Crippen LogP contribution in [0.1, 0.15) is 12.8 Å². The summed E-state index contributed by atoms with van der Waals surface area (Å²) in [6.07, 6.45) is 0.729. The molecule has 98 valence electrons. The molecular formula is C12H8ClFN2O3. The summed E-state index contributed by atoms with van der Waals surface area (Å²) < 4.78 is 13.8. The molecule has 1 aromatic rings. The molecule has 1 aromatic carbocycles. The number of hydrogen-bond acceptors (Lipinski definition) is 3. The van der Waals surface area contributed by atoms with Crippen molar-refractivity contribution in [3.63, 3.8) is 0 Å². The molecule has 0 aromatic heterocycles. The number of hydrogen-bond donors (Lipinski definition) is 1. The predicted octanol–water partition coefficient (Wildman–Crippen LogP) is 1.84. The maximum Gasteiger partial charge on any atom is 0.335 e. The van der Waals surface area contributed by atoms with Gasteiger partial charge in [0.2, 0.25) is 5.91 Å². The summed E-state index contributed by atoms with van der Waals surface area (Å²) in [7, 11) is 0. The maximum atomic E-state index is 13.8. The average molecular weight is 283 g/mol. The van der Waals surface area contributed by atoms with Gasteiger partial charge < -0.3 is 0 Å². The van der Waals surface area contributed by atoms with Gasteiger partial charge in [0, 0.05) is 5.02 Å². The first-order valence-electron chi connectivity index (χ1n) is 5.61. The Morgan fingerprint density at radius 1 is 1.26 bits per heavy atom. The highest BCUT2D eigenvalue weighted by Crippen LogP contribution is 2.49. The zero-order chi connectivity index (χ0) is 13.8. The maximum absolute atomic E-state index is 13.8. The average Bonchev–Trinajstić information content (AvgIpc) is 3.13. The fraction of sp³-hybridized carbons (Fsp3) is 0.250. The van der Waals surface area contributed by atoms with Gasteiger partial charge in [-0.15, -0.1) is 0 Å². The van der Waals surface area contributed by atoms with E-state index in [2.05, 4.69) is 5.32 Å². The Morgan fingerprint density at radius 2 is 1.95 bits per heavy atom. The van der Waals surface area contributed by atoms with Crippen LogP contribution >= 0.6 is 11.6 Å². The van der Waals surface area contributed by atoms with Crippen LogP contribution in [0.25, 0.3) is 0 Å². The van der Waals surface area contributed by atoms with Gasteiger partial charge in [0.25, 0.3) is 5.91 Å². The fourth-order valence-electron chi connectivity index (χ4n) is 2.12. The van der Waals surface area contributed by atoms with E-state index in [0.717, 1.165) is 6.07 Å². The normalized spacial score (nSPS) is 20.7. The summed E-state index contributed by atoms with van der Waals surface area (Å²) in [6, 6.07) is 2.60. The number of halogens is 2. The smallest absolute Gasteiger partial charge is 0.276 e. The van der Waals surface area contributed by atoms with Crippen LogP contribution < -0.4 is 10.2 Å². The Hall–Kier alpha value is -1.95. The molecule has 5 nitrogen and oxygen atoms in total. The van der Waals surface area contributed by atoms with Gasteiger partial charge in [-0.05, 0) is 31.0 Å². The number of amides is 4. The van der Waals surface area contributed by atoms with Gasteiger partial charge in [0.1, 0.15) is 11.2 Å². The molecule has 0 atom stereocenters. The number of nitrogens with one attached hydrogen (secondary N) is 1. The standard InChI is InChI=1S/C12H8ClFN2O3/c13-6-1-2-7(14)8(5-6)16-10(18)12(3-4-12)9(17)15-11(16)19/h1-2,5H,3-4H2,(H,15,17,19). The highest BCUT2D eigenvalue weighted by atomic mass is 35.5. The van der Waals surface area contributed by atoms with Crippen molar-refractivity contribution in [1.29, 1.82) is 0 Å². The van der Waals surface area contributed by atoms with Gasteiger partial charge in [-0.2, -0.15) is 0 Å². The zero-order valence-electron chi connectivity index (χ0n) is 9.57. The van der Waals surface area contributed by atoms with Gasteiger partial charge in [0.05, 0.1) is 5.69 Å². The van der Waals surface area contributed by atoms with Crippen molar-refractivity contribution in [2.24, 2.45) is 5.41 Å². The number of benzene rings is 1. The van der Waals surface area contributed by atoms with E-state index >= 15 is 0 Å². The van der Waals surface area contributed by atoms with Crippen molar-refractivity contribution in [3.05, 3.63) is 29.0 Å². The predicted molar refractivity (Wildman–Crippen MR) is 64.1 cm³/mol. The fourth-order valence-corrected chi connectivity index (χ4v) is 2.28. The number of anilines is 1. The van der Waals surface area contributed by atoms with Crippen molar-refractivity contribution in [3.8, 4) is 0 Å². The van der Waals surface area contributed by atoms with Gasteiger partial charge in [0.15, 0.2) is 0 Å². The molecule has 0 bridgehead atoms.